The Hall–Kier alpha value is -0.530. The molecule has 1 nitrogen and oxygen atoms in total. The Labute approximate surface area is 82.3 Å². The highest BCUT2D eigenvalue weighted by Crippen LogP contribution is 2.23. The highest BCUT2D eigenvalue weighted by Gasteiger charge is 2.00. The summed E-state index contributed by atoms with van der Waals surface area (Å²) in [7, 11) is 0. The van der Waals surface area contributed by atoms with Crippen LogP contribution in [-0.4, -0.2) is 6.79 Å². The Bertz CT molecular complexity index is 228. The van der Waals surface area contributed by atoms with Gasteiger partial charge < -0.3 is 4.79 Å². The summed E-state index contributed by atoms with van der Waals surface area (Å²) >= 11 is 11.7. The second-order valence-corrected chi connectivity index (χ2v) is 2.87. The standard InChI is InChI=1S/C8H8Cl2.CH2O/c1-2-6-7(9)4-3-5-8(6)10;1-2/h3-5H,2H2,1H3;1H2. The van der Waals surface area contributed by atoms with Gasteiger partial charge >= 0.3 is 0 Å². The first kappa shape index (κ1) is 11.5. The van der Waals surface area contributed by atoms with Crippen molar-refractivity contribution in [2.24, 2.45) is 0 Å². The van der Waals surface area contributed by atoms with Gasteiger partial charge in [0.15, 0.2) is 0 Å². The third-order valence-corrected chi connectivity index (χ3v) is 2.12. The molecule has 0 aromatic heterocycles. The van der Waals surface area contributed by atoms with Crippen LogP contribution in [0.5, 0.6) is 0 Å². The summed E-state index contributed by atoms with van der Waals surface area (Å²) in [6.45, 7) is 4.03. The fourth-order valence-electron chi connectivity index (χ4n) is 0.870. The average Bonchev–Trinajstić information content (AvgIpc) is 2.08. The van der Waals surface area contributed by atoms with Gasteiger partial charge in [-0.3, -0.25) is 0 Å². The minimum absolute atomic E-state index is 0.759. The molecule has 1 aromatic rings. The second kappa shape index (κ2) is 6.04. The lowest BCUT2D eigenvalue weighted by Gasteiger charge is -2.01. The van der Waals surface area contributed by atoms with Gasteiger partial charge in [0.1, 0.15) is 6.79 Å². The van der Waals surface area contributed by atoms with E-state index in [1.165, 1.54) is 0 Å². The minimum Gasteiger partial charge on any atom is -0.307 e. The average molecular weight is 205 g/mol. The number of carbonyl (C=O) groups excluding carboxylic acids is 1. The predicted octanol–water partition coefficient (Wildman–Crippen LogP) is 3.37. The molecule has 0 radical (unpaired) electrons. The van der Waals surface area contributed by atoms with Gasteiger partial charge in [-0.1, -0.05) is 36.2 Å². The first-order valence-electron chi connectivity index (χ1n) is 3.47. The molecule has 66 valence electrons. The molecule has 0 unspecified atom stereocenters. The van der Waals surface area contributed by atoms with E-state index in [9.17, 15) is 0 Å². The van der Waals surface area contributed by atoms with Crippen LogP contribution < -0.4 is 0 Å². The van der Waals surface area contributed by atoms with E-state index in [1.54, 1.807) is 0 Å². The third kappa shape index (κ3) is 2.84. The maximum absolute atomic E-state index is 8.00. The van der Waals surface area contributed by atoms with E-state index in [1.807, 2.05) is 31.9 Å². The van der Waals surface area contributed by atoms with Crippen molar-refractivity contribution in [3.8, 4) is 0 Å². The van der Waals surface area contributed by atoms with Crippen LogP contribution in [0.1, 0.15) is 12.5 Å². The Kier molecular flexibility index (Phi) is 5.77. The lowest BCUT2D eigenvalue weighted by Crippen LogP contribution is -1.82. The van der Waals surface area contributed by atoms with Crippen LogP contribution in [-0.2, 0) is 11.2 Å². The molecule has 0 bridgehead atoms. The van der Waals surface area contributed by atoms with Gasteiger partial charge in [0.05, 0.1) is 0 Å². The van der Waals surface area contributed by atoms with E-state index in [2.05, 4.69) is 0 Å². The van der Waals surface area contributed by atoms with Crippen LogP contribution in [0.2, 0.25) is 10.0 Å². The zero-order chi connectivity index (χ0) is 9.56. The molecule has 0 aliphatic rings. The highest BCUT2D eigenvalue weighted by atomic mass is 35.5. The maximum Gasteiger partial charge on any atom is 0.106 e. The van der Waals surface area contributed by atoms with E-state index in [-0.39, 0.29) is 0 Å². The van der Waals surface area contributed by atoms with Crippen LogP contribution in [0.4, 0.5) is 0 Å². The summed E-state index contributed by atoms with van der Waals surface area (Å²) in [5.74, 6) is 0. The van der Waals surface area contributed by atoms with Crippen molar-refractivity contribution < 1.29 is 4.79 Å². The fraction of sp³-hybridized carbons (Fsp3) is 0.222. The van der Waals surface area contributed by atoms with Gasteiger partial charge in [-0.05, 0) is 24.1 Å². The van der Waals surface area contributed by atoms with Crippen molar-refractivity contribution in [1.82, 2.24) is 0 Å². The van der Waals surface area contributed by atoms with Gasteiger partial charge in [-0.2, -0.15) is 0 Å². The lowest BCUT2D eigenvalue weighted by molar-refractivity contribution is -0.0979. The lowest BCUT2D eigenvalue weighted by atomic mass is 10.2. The van der Waals surface area contributed by atoms with E-state index < -0.39 is 0 Å². The number of carbonyl (C=O) groups is 1. The Morgan fingerprint density at radius 1 is 1.25 bits per heavy atom. The van der Waals surface area contributed by atoms with Crippen molar-refractivity contribution in [2.75, 3.05) is 0 Å². The Morgan fingerprint density at radius 2 is 1.67 bits per heavy atom. The highest BCUT2D eigenvalue weighted by molar-refractivity contribution is 6.35. The molecular formula is C9H10Cl2O. The van der Waals surface area contributed by atoms with Crippen molar-refractivity contribution in [2.45, 2.75) is 13.3 Å². The topological polar surface area (TPSA) is 17.1 Å². The summed E-state index contributed by atoms with van der Waals surface area (Å²) in [5.41, 5.74) is 1.03. The zero-order valence-electron chi connectivity index (χ0n) is 6.81. The molecule has 0 aliphatic heterocycles. The number of hydrogen-bond acceptors (Lipinski definition) is 1. The first-order chi connectivity index (χ1) is 5.75. The molecule has 0 atom stereocenters. The van der Waals surface area contributed by atoms with E-state index in [4.69, 9.17) is 28.0 Å². The molecule has 1 aromatic carbocycles. The Balaban J connectivity index is 0.000000561. The van der Waals surface area contributed by atoms with E-state index in [0.29, 0.717) is 0 Å². The van der Waals surface area contributed by atoms with Gasteiger partial charge in [0.2, 0.25) is 0 Å². The molecule has 0 spiro atoms. The number of benzene rings is 1. The number of hydrogen-bond donors (Lipinski definition) is 0. The van der Waals surface area contributed by atoms with Crippen molar-refractivity contribution in [1.29, 1.82) is 0 Å². The number of halogens is 2. The molecule has 0 saturated carbocycles. The van der Waals surface area contributed by atoms with E-state index in [0.717, 1.165) is 22.0 Å². The normalized spacial score (nSPS) is 8.58. The summed E-state index contributed by atoms with van der Waals surface area (Å²) in [6.07, 6.45) is 0.887. The molecule has 0 aliphatic carbocycles. The van der Waals surface area contributed by atoms with Crippen LogP contribution in [0, 0.1) is 0 Å². The molecule has 0 fully saturated rings. The summed E-state index contributed by atoms with van der Waals surface area (Å²) in [5, 5.41) is 1.52. The van der Waals surface area contributed by atoms with Crippen molar-refractivity contribution in [3.63, 3.8) is 0 Å². The molecule has 1 rings (SSSR count). The summed E-state index contributed by atoms with van der Waals surface area (Å²) < 4.78 is 0. The fourth-order valence-corrected chi connectivity index (χ4v) is 1.53. The third-order valence-electron chi connectivity index (χ3n) is 1.42. The quantitative estimate of drug-likeness (QED) is 0.686. The van der Waals surface area contributed by atoms with Crippen molar-refractivity contribution >= 4 is 30.0 Å². The minimum atomic E-state index is 0.759. The molecule has 12 heavy (non-hydrogen) atoms. The molecule has 0 N–H and O–H groups in total. The zero-order valence-corrected chi connectivity index (χ0v) is 8.32. The number of rotatable bonds is 1. The van der Waals surface area contributed by atoms with Crippen LogP contribution in [0.15, 0.2) is 18.2 Å². The first-order valence-corrected chi connectivity index (χ1v) is 4.23. The molecule has 0 heterocycles. The van der Waals surface area contributed by atoms with Crippen LogP contribution in [0.3, 0.4) is 0 Å². The Morgan fingerprint density at radius 3 is 1.92 bits per heavy atom. The molecule has 0 amide bonds. The van der Waals surface area contributed by atoms with Gasteiger partial charge in [-0.25, -0.2) is 0 Å². The summed E-state index contributed by atoms with van der Waals surface area (Å²) in [6, 6.07) is 5.56. The molecule has 3 heteroatoms. The smallest absolute Gasteiger partial charge is 0.106 e. The van der Waals surface area contributed by atoms with Gasteiger partial charge in [0, 0.05) is 10.0 Å². The van der Waals surface area contributed by atoms with Gasteiger partial charge in [0.25, 0.3) is 0 Å². The van der Waals surface area contributed by atoms with Gasteiger partial charge in [-0.15, -0.1) is 0 Å². The van der Waals surface area contributed by atoms with Crippen LogP contribution >= 0.6 is 23.2 Å². The van der Waals surface area contributed by atoms with Crippen molar-refractivity contribution in [3.05, 3.63) is 33.8 Å². The second-order valence-electron chi connectivity index (χ2n) is 2.05. The van der Waals surface area contributed by atoms with E-state index >= 15 is 0 Å². The maximum atomic E-state index is 8.00. The van der Waals surface area contributed by atoms with Crippen LogP contribution in [0.25, 0.3) is 0 Å². The molecular weight excluding hydrogens is 195 g/mol. The summed E-state index contributed by atoms with van der Waals surface area (Å²) in [4.78, 5) is 8.00. The SMILES string of the molecule is C=O.CCc1c(Cl)cccc1Cl. The molecule has 0 saturated heterocycles. The monoisotopic (exact) mass is 204 g/mol. The largest absolute Gasteiger partial charge is 0.307 e. The predicted molar refractivity (Wildman–Crippen MR) is 53.0 cm³/mol.